The summed E-state index contributed by atoms with van der Waals surface area (Å²) in [5, 5.41) is 4.50. The van der Waals surface area contributed by atoms with Crippen molar-refractivity contribution in [2.45, 2.75) is 27.7 Å². The van der Waals surface area contributed by atoms with Gasteiger partial charge in [-0.15, -0.1) is 0 Å². The summed E-state index contributed by atoms with van der Waals surface area (Å²) in [4.78, 5) is 0. The fourth-order valence-electron chi connectivity index (χ4n) is 2.45. The molecular weight excluding hydrogens is 224 g/mol. The second kappa shape index (κ2) is 3.73. The Labute approximate surface area is 106 Å². The van der Waals surface area contributed by atoms with Crippen LogP contribution in [0.2, 0.25) is 0 Å². The van der Waals surface area contributed by atoms with E-state index in [9.17, 15) is 0 Å². The molecule has 0 bridgehead atoms. The average molecular weight is 240 g/mol. The van der Waals surface area contributed by atoms with E-state index in [-0.39, 0.29) is 0 Å². The number of hydrogen-bond acceptors (Lipinski definition) is 2. The highest BCUT2D eigenvalue weighted by atomic mass is 16.4. The Kier molecular flexibility index (Phi) is 2.30. The van der Waals surface area contributed by atoms with E-state index in [2.05, 4.69) is 37.1 Å². The van der Waals surface area contributed by atoms with Crippen molar-refractivity contribution in [2.75, 3.05) is 0 Å². The van der Waals surface area contributed by atoms with Crippen LogP contribution in [0.3, 0.4) is 0 Å². The lowest BCUT2D eigenvalue weighted by Crippen LogP contribution is -1.93. The van der Waals surface area contributed by atoms with Crippen LogP contribution in [-0.2, 0) is 0 Å². The van der Waals surface area contributed by atoms with Crippen LogP contribution in [0.15, 0.2) is 28.7 Å². The maximum Gasteiger partial charge on any atom is 0.222 e. The lowest BCUT2D eigenvalue weighted by atomic mass is 10.0. The summed E-state index contributed by atoms with van der Waals surface area (Å²) in [5.41, 5.74) is 6.52. The maximum absolute atomic E-state index is 5.76. The number of nitrogens with zero attached hydrogens (tertiary/aromatic N) is 2. The first-order valence-corrected chi connectivity index (χ1v) is 6.09. The topological polar surface area (TPSA) is 30.4 Å². The SMILES string of the molecule is Cc1ccc(-c2c(C)oc3cc(C)nn23)c(C)c1. The summed E-state index contributed by atoms with van der Waals surface area (Å²) in [5.74, 6) is 0.907. The maximum atomic E-state index is 5.76. The minimum absolute atomic E-state index is 0.806. The van der Waals surface area contributed by atoms with Crippen LogP contribution in [0.5, 0.6) is 0 Å². The molecule has 0 spiro atoms. The molecule has 2 heterocycles. The van der Waals surface area contributed by atoms with Crippen LogP contribution in [0, 0.1) is 27.7 Å². The molecule has 3 nitrogen and oxygen atoms in total. The third kappa shape index (κ3) is 1.55. The molecule has 0 amide bonds. The first-order valence-electron chi connectivity index (χ1n) is 6.09. The van der Waals surface area contributed by atoms with E-state index in [0.29, 0.717) is 0 Å². The van der Waals surface area contributed by atoms with Gasteiger partial charge in [0.2, 0.25) is 5.71 Å². The van der Waals surface area contributed by atoms with E-state index in [0.717, 1.165) is 22.9 Å². The summed E-state index contributed by atoms with van der Waals surface area (Å²) in [6.45, 7) is 8.19. The monoisotopic (exact) mass is 240 g/mol. The molecule has 0 aliphatic carbocycles. The molecule has 0 radical (unpaired) electrons. The van der Waals surface area contributed by atoms with E-state index in [4.69, 9.17) is 4.42 Å². The predicted molar refractivity (Wildman–Crippen MR) is 71.8 cm³/mol. The number of aromatic nitrogens is 2. The molecule has 0 N–H and O–H groups in total. The van der Waals surface area contributed by atoms with Crippen LogP contribution < -0.4 is 0 Å². The zero-order chi connectivity index (χ0) is 12.9. The number of fused-ring (bicyclic) bond motifs is 1. The number of aryl methyl sites for hydroxylation is 4. The lowest BCUT2D eigenvalue weighted by molar-refractivity contribution is 0.573. The Morgan fingerprint density at radius 2 is 1.83 bits per heavy atom. The van der Waals surface area contributed by atoms with E-state index >= 15 is 0 Å². The molecule has 0 aliphatic heterocycles. The van der Waals surface area contributed by atoms with Crippen molar-refractivity contribution in [3.05, 3.63) is 46.8 Å². The quantitative estimate of drug-likeness (QED) is 0.647. The first kappa shape index (κ1) is 11.1. The highest BCUT2D eigenvalue weighted by Gasteiger charge is 2.16. The summed E-state index contributed by atoms with van der Waals surface area (Å²) in [7, 11) is 0. The first-order chi connectivity index (χ1) is 8.56. The van der Waals surface area contributed by atoms with Crippen LogP contribution in [0.4, 0.5) is 0 Å². The molecule has 0 fully saturated rings. The minimum Gasteiger partial charge on any atom is -0.441 e. The van der Waals surface area contributed by atoms with Gasteiger partial charge >= 0.3 is 0 Å². The molecule has 0 unspecified atom stereocenters. The van der Waals surface area contributed by atoms with Gasteiger partial charge in [-0.25, -0.2) is 0 Å². The third-order valence-corrected chi connectivity index (χ3v) is 3.24. The second-order valence-corrected chi connectivity index (χ2v) is 4.86. The van der Waals surface area contributed by atoms with E-state index in [1.54, 1.807) is 0 Å². The van der Waals surface area contributed by atoms with Gasteiger partial charge in [-0.3, -0.25) is 0 Å². The average Bonchev–Trinajstić information content (AvgIpc) is 2.75. The van der Waals surface area contributed by atoms with Gasteiger partial charge < -0.3 is 4.42 Å². The number of rotatable bonds is 1. The molecule has 2 aromatic heterocycles. The molecule has 92 valence electrons. The molecular formula is C15H16N2O. The molecule has 1 aromatic carbocycles. The number of oxazole rings is 1. The van der Waals surface area contributed by atoms with Crippen LogP contribution in [0.25, 0.3) is 17.0 Å². The number of benzene rings is 1. The van der Waals surface area contributed by atoms with E-state index in [1.807, 2.05) is 24.4 Å². The highest BCUT2D eigenvalue weighted by Crippen LogP contribution is 2.30. The third-order valence-electron chi connectivity index (χ3n) is 3.24. The molecule has 18 heavy (non-hydrogen) atoms. The van der Waals surface area contributed by atoms with E-state index in [1.165, 1.54) is 16.7 Å². The van der Waals surface area contributed by atoms with E-state index < -0.39 is 0 Å². The Balaban J connectivity index is 2.33. The Morgan fingerprint density at radius 3 is 2.56 bits per heavy atom. The largest absolute Gasteiger partial charge is 0.441 e. The highest BCUT2D eigenvalue weighted by molar-refractivity contribution is 5.68. The molecule has 0 saturated heterocycles. The second-order valence-electron chi connectivity index (χ2n) is 4.86. The smallest absolute Gasteiger partial charge is 0.222 e. The van der Waals surface area contributed by atoms with Gasteiger partial charge in [0.1, 0.15) is 11.5 Å². The molecule has 0 atom stereocenters. The van der Waals surface area contributed by atoms with Crippen molar-refractivity contribution < 1.29 is 4.42 Å². The summed E-state index contributed by atoms with van der Waals surface area (Å²) in [6, 6.07) is 8.40. The van der Waals surface area contributed by atoms with Crippen molar-refractivity contribution in [1.29, 1.82) is 0 Å². The van der Waals surface area contributed by atoms with Gasteiger partial charge in [0.05, 0.1) is 5.69 Å². The van der Waals surface area contributed by atoms with Crippen molar-refractivity contribution in [2.24, 2.45) is 0 Å². The van der Waals surface area contributed by atoms with Crippen LogP contribution in [0.1, 0.15) is 22.6 Å². The zero-order valence-electron chi connectivity index (χ0n) is 11.1. The Bertz CT molecular complexity index is 734. The van der Waals surface area contributed by atoms with Crippen molar-refractivity contribution >= 4 is 5.71 Å². The summed E-state index contributed by atoms with van der Waals surface area (Å²) < 4.78 is 7.65. The van der Waals surface area contributed by atoms with Crippen molar-refractivity contribution in [3.8, 4) is 11.3 Å². The molecule has 0 saturated carbocycles. The van der Waals surface area contributed by atoms with Gasteiger partial charge in [0.15, 0.2) is 0 Å². The van der Waals surface area contributed by atoms with Crippen LogP contribution >= 0.6 is 0 Å². The zero-order valence-corrected chi connectivity index (χ0v) is 11.1. The van der Waals surface area contributed by atoms with Crippen molar-refractivity contribution in [1.82, 2.24) is 9.61 Å². The van der Waals surface area contributed by atoms with Gasteiger partial charge in [-0.05, 0) is 33.3 Å². The standard InChI is InChI=1S/C15H16N2O/c1-9-5-6-13(10(2)7-9)15-12(4)18-14-8-11(3)16-17(14)15/h5-8H,1-4H3. The number of hydrogen-bond donors (Lipinski definition) is 0. The molecule has 3 aromatic rings. The Hall–Kier alpha value is -2.03. The normalized spacial score (nSPS) is 11.3. The fourth-order valence-corrected chi connectivity index (χ4v) is 2.45. The molecule has 3 heteroatoms. The lowest BCUT2D eigenvalue weighted by Gasteiger charge is -2.05. The van der Waals surface area contributed by atoms with Gasteiger partial charge in [-0.1, -0.05) is 23.8 Å². The van der Waals surface area contributed by atoms with Crippen molar-refractivity contribution in [3.63, 3.8) is 0 Å². The van der Waals surface area contributed by atoms with Gasteiger partial charge in [0, 0.05) is 11.6 Å². The predicted octanol–water partition coefficient (Wildman–Crippen LogP) is 3.83. The molecule has 0 aliphatic rings. The van der Waals surface area contributed by atoms with Crippen LogP contribution in [-0.4, -0.2) is 9.61 Å². The van der Waals surface area contributed by atoms with Gasteiger partial charge in [-0.2, -0.15) is 9.61 Å². The minimum atomic E-state index is 0.806. The summed E-state index contributed by atoms with van der Waals surface area (Å²) >= 11 is 0. The Morgan fingerprint density at radius 1 is 1.06 bits per heavy atom. The fraction of sp³-hybridized carbons (Fsp3) is 0.267. The summed E-state index contributed by atoms with van der Waals surface area (Å²) in [6.07, 6.45) is 0. The van der Waals surface area contributed by atoms with Gasteiger partial charge in [0.25, 0.3) is 0 Å². The molecule has 3 rings (SSSR count).